The summed E-state index contributed by atoms with van der Waals surface area (Å²) in [5.41, 5.74) is 8.45. The van der Waals surface area contributed by atoms with Crippen molar-refractivity contribution in [3.05, 3.63) is 59.7 Å². The van der Waals surface area contributed by atoms with E-state index in [1.807, 2.05) is 13.8 Å². The summed E-state index contributed by atoms with van der Waals surface area (Å²) in [6, 6.07) is 15.0. The van der Waals surface area contributed by atoms with Crippen molar-refractivity contribution in [2.75, 3.05) is 32.9 Å². The summed E-state index contributed by atoms with van der Waals surface area (Å²) >= 11 is 0. The van der Waals surface area contributed by atoms with Gasteiger partial charge in [0.2, 0.25) is 5.91 Å². The van der Waals surface area contributed by atoms with Crippen LogP contribution in [0.1, 0.15) is 57.1 Å². The molecule has 2 N–H and O–H groups in total. The number of nitrogens with zero attached hydrogens (tertiary/aromatic N) is 1. The Hall–Kier alpha value is -2.42. The zero-order chi connectivity index (χ0) is 26.0. The van der Waals surface area contributed by atoms with Crippen LogP contribution in [0.5, 0.6) is 5.75 Å². The Kier molecular flexibility index (Phi) is 10.3. The molecule has 4 rings (SSSR count). The predicted molar refractivity (Wildman–Crippen MR) is 142 cm³/mol. The number of fused-ring (bicyclic) bond motifs is 1. The number of amides is 1. The van der Waals surface area contributed by atoms with Crippen molar-refractivity contribution >= 4 is 15.7 Å². The Morgan fingerprint density at radius 3 is 2.33 bits per heavy atom. The molecule has 0 atom stereocenters. The van der Waals surface area contributed by atoms with E-state index in [4.69, 9.17) is 15.2 Å². The lowest BCUT2D eigenvalue weighted by Gasteiger charge is -2.33. The van der Waals surface area contributed by atoms with Crippen LogP contribution in [0.25, 0.3) is 0 Å². The minimum atomic E-state index is -3.92. The monoisotopic (exact) mass is 516 g/mol. The Morgan fingerprint density at radius 2 is 1.67 bits per heavy atom. The first-order chi connectivity index (χ1) is 17.4. The van der Waals surface area contributed by atoms with E-state index in [1.54, 1.807) is 12.1 Å². The molecule has 0 saturated carbocycles. The number of rotatable bonds is 10. The van der Waals surface area contributed by atoms with Crippen LogP contribution in [0.4, 0.5) is 0 Å². The second-order valence-electron chi connectivity index (χ2n) is 9.15. The summed E-state index contributed by atoms with van der Waals surface area (Å²) in [4.78, 5) is 14.7. The normalized spacial score (nSPS) is 17.4. The van der Waals surface area contributed by atoms with Crippen molar-refractivity contribution in [1.29, 1.82) is 0 Å². The molecule has 2 aliphatic heterocycles. The quantitative estimate of drug-likeness (QED) is 0.477. The van der Waals surface area contributed by atoms with Gasteiger partial charge in [-0.25, -0.2) is 8.42 Å². The van der Waals surface area contributed by atoms with Gasteiger partial charge in [-0.2, -0.15) is 0 Å². The van der Waals surface area contributed by atoms with Gasteiger partial charge in [-0.15, -0.1) is 0 Å². The first-order valence-electron chi connectivity index (χ1n) is 13.1. The molecule has 2 heterocycles. The van der Waals surface area contributed by atoms with E-state index in [0.717, 1.165) is 45.3 Å². The van der Waals surface area contributed by atoms with E-state index in [-0.39, 0.29) is 31.0 Å². The van der Waals surface area contributed by atoms with Gasteiger partial charge in [0.05, 0.1) is 11.5 Å². The van der Waals surface area contributed by atoms with Crippen molar-refractivity contribution in [3.63, 3.8) is 0 Å². The summed E-state index contributed by atoms with van der Waals surface area (Å²) in [6.07, 6.45) is 4.42. The summed E-state index contributed by atoms with van der Waals surface area (Å²) in [5, 5.41) is 0. The number of unbranched alkanes of at least 4 members (excludes halogenated alkanes) is 2. The van der Waals surface area contributed by atoms with E-state index < -0.39 is 20.5 Å². The van der Waals surface area contributed by atoms with E-state index in [0.29, 0.717) is 12.4 Å². The molecule has 0 radical (unpaired) electrons. The number of benzene rings is 2. The number of carbonyl (C=O) groups excluding carboxylic acids is 1. The lowest BCUT2D eigenvalue weighted by molar-refractivity contribution is -0.122. The number of primary amides is 1. The highest BCUT2D eigenvalue weighted by Crippen LogP contribution is 2.35. The molecule has 36 heavy (non-hydrogen) atoms. The number of carbonyl (C=O) groups is 1. The molecule has 198 valence electrons. The van der Waals surface area contributed by atoms with Crippen LogP contribution in [-0.2, 0) is 32.3 Å². The number of nitrogens with two attached hydrogens (primary N) is 1. The Labute approximate surface area is 215 Å². The average molecular weight is 517 g/mol. The van der Waals surface area contributed by atoms with Crippen molar-refractivity contribution in [3.8, 4) is 5.75 Å². The molecule has 7 nitrogen and oxygen atoms in total. The van der Waals surface area contributed by atoms with Gasteiger partial charge in [0.25, 0.3) is 0 Å². The number of hydrogen-bond acceptors (Lipinski definition) is 6. The van der Waals surface area contributed by atoms with Gasteiger partial charge in [0, 0.05) is 26.3 Å². The highest BCUT2D eigenvalue weighted by molar-refractivity contribution is 7.93. The third-order valence-electron chi connectivity index (χ3n) is 7.00. The zero-order valence-corrected chi connectivity index (χ0v) is 22.4. The second-order valence-corrected chi connectivity index (χ2v) is 11.4. The number of hydrogen-bond donors (Lipinski definition) is 1. The van der Waals surface area contributed by atoms with Crippen LogP contribution in [0.2, 0.25) is 0 Å². The fourth-order valence-corrected chi connectivity index (χ4v) is 6.75. The number of sulfone groups is 1. The molecule has 8 heteroatoms. The molecule has 0 aliphatic carbocycles. The highest BCUT2D eigenvalue weighted by Gasteiger charge is 2.51. The molecule has 0 spiro atoms. The maximum Gasteiger partial charge on any atom is 0.239 e. The van der Waals surface area contributed by atoms with Gasteiger partial charge in [-0.05, 0) is 80.5 Å². The lowest BCUT2D eigenvalue weighted by atomic mass is 9.98. The minimum absolute atomic E-state index is 0.0762. The standard InChI is InChI=1S/C26H34N2O5S.C2H6/c27-25(29)26(13-18-32-19-14-26)34(30,31)24-10-8-23(9-11-24)33-17-5-1-4-15-28-16-12-21-6-2-3-7-22(21)20-28;1-2/h2-3,6-11H,1,4-5,12-20H2,(H2,27,29);1-2H3. The largest absolute Gasteiger partial charge is 0.494 e. The molecule has 2 aromatic carbocycles. The summed E-state index contributed by atoms with van der Waals surface area (Å²) in [7, 11) is -3.92. The van der Waals surface area contributed by atoms with Gasteiger partial charge in [-0.1, -0.05) is 38.1 Å². The fourth-order valence-electron chi connectivity index (χ4n) is 4.84. The summed E-state index contributed by atoms with van der Waals surface area (Å²) < 4.78 is 35.8. The smallest absolute Gasteiger partial charge is 0.239 e. The van der Waals surface area contributed by atoms with Gasteiger partial charge >= 0.3 is 0 Å². The first kappa shape index (κ1) is 28.2. The Balaban J connectivity index is 0.00000176. The van der Waals surface area contributed by atoms with Crippen LogP contribution in [0.3, 0.4) is 0 Å². The number of ether oxygens (including phenoxy) is 2. The molecular formula is C28H40N2O5S. The maximum absolute atomic E-state index is 13.2. The average Bonchev–Trinajstić information content (AvgIpc) is 2.92. The summed E-state index contributed by atoms with van der Waals surface area (Å²) in [5.74, 6) is -0.198. The topological polar surface area (TPSA) is 98.9 Å². The van der Waals surface area contributed by atoms with Crippen molar-refractivity contribution in [2.45, 2.75) is 68.6 Å². The molecule has 0 bridgehead atoms. The minimum Gasteiger partial charge on any atom is -0.494 e. The van der Waals surface area contributed by atoms with Crippen molar-refractivity contribution < 1.29 is 22.7 Å². The maximum atomic E-state index is 13.2. The van der Waals surface area contributed by atoms with Crippen LogP contribution >= 0.6 is 0 Å². The fraction of sp³-hybridized carbons (Fsp3) is 0.536. The third kappa shape index (κ3) is 6.47. The third-order valence-corrected chi connectivity index (χ3v) is 9.53. The molecule has 0 unspecified atom stereocenters. The van der Waals surface area contributed by atoms with E-state index in [1.165, 1.54) is 23.3 Å². The summed E-state index contributed by atoms with van der Waals surface area (Å²) in [6.45, 7) is 8.23. The van der Waals surface area contributed by atoms with E-state index in [2.05, 4.69) is 29.2 Å². The lowest BCUT2D eigenvalue weighted by Crippen LogP contribution is -2.53. The SMILES string of the molecule is CC.NC(=O)C1(S(=O)(=O)c2ccc(OCCCCCN3CCc4ccccc4C3)cc2)CCOCC1. The van der Waals surface area contributed by atoms with E-state index in [9.17, 15) is 13.2 Å². The van der Waals surface area contributed by atoms with Crippen LogP contribution in [0.15, 0.2) is 53.4 Å². The molecule has 0 aromatic heterocycles. The Bertz CT molecular complexity index is 1080. The molecule has 1 saturated heterocycles. The van der Waals surface area contributed by atoms with Gasteiger partial charge in [-0.3, -0.25) is 9.69 Å². The zero-order valence-electron chi connectivity index (χ0n) is 21.6. The highest BCUT2D eigenvalue weighted by atomic mass is 32.2. The molecule has 2 aliphatic rings. The molecule has 1 amide bonds. The molecule has 2 aromatic rings. The van der Waals surface area contributed by atoms with Gasteiger partial charge in [0.1, 0.15) is 5.75 Å². The first-order valence-corrected chi connectivity index (χ1v) is 14.5. The molecule has 1 fully saturated rings. The van der Waals surface area contributed by atoms with Crippen LogP contribution in [-0.4, -0.2) is 56.9 Å². The second kappa shape index (κ2) is 13.2. The van der Waals surface area contributed by atoms with Crippen LogP contribution < -0.4 is 10.5 Å². The van der Waals surface area contributed by atoms with Gasteiger partial charge < -0.3 is 15.2 Å². The van der Waals surface area contributed by atoms with E-state index >= 15 is 0 Å². The van der Waals surface area contributed by atoms with Crippen LogP contribution in [0, 0.1) is 0 Å². The van der Waals surface area contributed by atoms with Crippen molar-refractivity contribution in [1.82, 2.24) is 4.90 Å². The molecular weight excluding hydrogens is 476 g/mol. The Morgan fingerprint density at radius 1 is 1.00 bits per heavy atom. The predicted octanol–water partition coefficient (Wildman–Crippen LogP) is 4.13. The van der Waals surface area contributed by atoms with Crippen molar-refractivity contribution in [2.24, 2.45) is 5.73 Å². The van der Waals surface area contributed by atoms with Gasteiger partial charge in [0.15, 0.2) is 14.6 Å².